The number of hydrogen-bond donors (Lipinski definition) is 3. The molecule has 0 aliphatic heterocycles. The molecule has 4 N–H and O–H groups in total. The maximum Gasteiger partial charge on any atom is 0.408 e. The predicted molar refractivity (Wildman–Crippen MR) is 129 cm³/mol. The standard InChI is InChI=1S/C25H36N4O5/c1-9-29(21(22(31)27-15(2)3)18-11-10-16(4)17(5)14-18)23(32)19(12-13-20(26)30)28-24(33)34-25(6,7)8/h1,10-11,14-15,19,21H,12-13H2,2-8H3,(H2,26,30)(H,27,31)(H,28,33). The van der Waals surface area contributed by atoms with E-state index in [-0.39, 0.29) is 18.9 Å². The lowest BCUT2D eigenvalue weighted by molar-refractivity contribution is -0.139. The van der Waals surface area contributed by atoms with Gasteiger partial charge in [0.2, 0.25) is 11.8 Å². The lowest BCUT2D eigenvalue weighted by Gasteiger charge is -2.31. The van der Waals surface area contributed by atoms with Crippen molar-refractivity contribution < 1.29 is 23.9 Å². The molecular weight excluding hydrogens is 436 g/mol. The number of benzene rings is 1. The van der Waals surface area contributed by atoms with Crippen molar-refractivity contribution in [3.63, 3.8) is 0 Å². The minimum absolute atomic E-state index is 0.114. The van der Waals surface area contributed by atoms with Crippen LogP contribution < -0.4 is 16.4 Å². The fraction of sp³-hybridized carbons (Fsp3) is 0.520. The van der Waals surface area contributed by atoms with Gasteiger partial charge < -0.3 is 21.1 Å². The highest BCUT2D eigenvalue weighted by Crippen LogP contribution is 2.25. The molecule has 2 unspecified atom stereocenters. The van der Waals surface area contributed by atoms with E-state index in [1.807, 2.05) is 19.9 Å². The number of amides is 4. The summed E-state index contributed by atoms with van der Waals surface area (Å²) < 4.78 is 5.24. The highest BCUT2D eigenvalue weighted by Gasteiger charge is 2.36. The molecule has 0 fully saturated rings. The van der Waals surface area contributed by atoms with Crippen molar-refractivity contribution in [1.82, 2.24) is 15.5 Å². The van der Waals surface area contributed by atoms with E-state index in [1.54, 1.807) is 46.8 Å². The molecule has 0 saturated carbocycles. The first-order chi connectivity index (χ1) is 15.7. The van der Waals surface area contributed by atoms with Crippen LogP contribution >= 0.6 is 0 Å². The summed E-state index contributed by atoms with van der Waals surface area (Å²) >= 11 is 0. The molecule has 0 aliphatic carbocycles. The zero-order valence-electron chi connectivity index (χ0n) is 21.0. The normalized spacial score (nSPS) is 12.8. The van der Waals surface area contributed by atoms with E-state index in [2.05, 4.69) is 16.7 Å². The predicted octanol–water partition coefficient (Wildman–Crippen LogP) is 2.45. The van der Waals surface area contributed by atoms with Crippen LogP contribution in [0.2, 0.25) is 0 Å². The zero-order chi connectivity index (χ0) is 26.2. The molecule has 1 aromatic rings. The number of aryl methyl sites for hydroxylation is 2. The molecule has 0 saturated heterocycles. The number of carbonyl (C=O) groups is 4. The Balaban J connectivity index is 3.42. The molecule has 0 aliphatic rings. The van der Waals surface area contributed by atoms with Crippen LogP contribution in [0.5, 0.6) is 0 Å². The van der Waals surface area contributed by atoms with Crippen LogP contribution in [0.25, 0.3) is 0 Å². The topological polar surface area (TPSA) is 131 Å². The second kappa shape index (κ2) is 12.1. The minimum atomic E-state index is -1.24. The van der Waals surface area contributed by atoms with Gasteiger partial charge in [0, 0.05) is 18.5 Å². The number of terminal acetylenes is 1. The summed E-state index contributed by atoms with van der Waals surface area (Å²) in [5.41, 5.74) is 6.88. The van der Waals surface area contributed by atoms with Gasteiger partial charge in [0.05, 0.1) is 0 Å². The first-order valence-corrected chi connectivity index (χ1v) is 11.1. The van der Waals surface area contributed by atoms with Gasteiger partial charge in [0.15, 0.2) is 0 Å². The highest BCUT2D eigenvalue weighted by atomic mass is 16.6. The van der Waals surface area contributed by atoms with E-state index in [0.29, 0.717) is 5.56 Å². The van der Waals surface area contributed by atoms with Crippen LogP contribution in [0.4, 0.5) is 4.79 Å². The molecule has 0 heterocycles. The molecule has 0 spiro atoms. The second-order valence-electron chi connectivity index (χ2n) is 9.45. The maximum absolute atomic E-state index is 13.5. The lowest BCUT2D eigenvalue weighted by Crippen LogP contribution is -2.52. The Morgan fingerprint density at radius 2 is 1.74 bits per heavy atom. The van der Waals surface area contributed by atoms with E-state index in [9.17, 15) is 19.2 Å². The van der Waals surface area contributed by atoms with Crippen molar-refractivity contribution in [3.05, 3.63) is 34.9 Å². The van der Waals surface area contributed by atoms with Gasteiger partial charge in [-0.2, -0.15) is 0 Å². The lowest BCUT2D eigenvalue weighted by atomic mass is 9.98. The van der Waals surface area contributed by atoms with Crippen molar-refractivity contribution in [3.8, 4) is 12.5 Å². The first-order valence-electron chi connectivity index (χ1n) is 11.1. The minimum Gasteiger partial charge on any atom is -0.444 e. The molecule has 1 aromatic carbocycles. The Kier molecular flexibility index (Phi) is 10.1. The SMILES string of the molecule is C#CN(C(=O)C(CCC(N)=O)NC(=O)OC(C)(C)C)C(C(=O)NC(C)C)c1ccc(C)c(C)c1. The summed E-state index contributed by atoms with van der Waals surface area (Å²) in [5, 5.41) is 5.25. The van der Waals surface area contributed by atoms with E-state index in [0.717, 1.165) is 16.0 Å². The second-order valence-corrected chi connectivity index (χ2v) is 9.45. The Morgan fingerprint density at radius 1 is 1.12 bits per heavy atom. The van der Waals surface area contributed by atoms with Crippen molar-refractivity contribution in [2.24, 2.45) is 5.73 Å². The van der Waals surface area contributed by atoms with E-state index in [4.69, 9.17) is 16.9 Å². The smallest absolute Gasteiger partial charge is 0.408 e. The summed E-state index contributed by atoms with van der Waals surface area (Å²) in [6, 6.07) is 5.04. The van der Waals surface area contributed by atoms with E-state index >= 15 is 0 Å². The van der Waals surface area contributed by atoms with Gasteiger partial charge in [-0.15, -0.1) is 0 Å². The Bertz CT molecular complexity index is 959. The summed E-state index contributed by atoms with van der Waals surface area (Å²) in [6.07, 6.45) is 4.56. The molecule has 1 rings (SSSR count). The van der Waals surface area contributed by atoms with Gasteiger partial charge in [0.1, 0.15) is 17.7 Å². The largest absolute Gasteiger partial charge is 0.444 e. The third-order valence-electron chi connectivity index (χ3n) is 4.83. The number of hydrogen-bond acceptors (Lipinski definition) is 5. The van der Waals surface area contributed by atoms with Gasteiger partial charge in [-0.3, -0.25) is 19.3 Å². The number of primary amides is 1. The van der Waals surface area contributed by atoms with E-state index < -0.39 is 41.5 Å². The fourth-order valence-electron chi connectivity index (χ4n) is 3.14. The number of nitrogens with two attached hydrogens (primary N) is 1. The van der Waals surface area contributed by atoms with Crippen LogP contribution in [-0.4, -0.2) is 46.4 Å². The number of alkyl carbamates (subject to hydrolysis) is 1. The molecular formula is C25H36N4O5. The van der Waals surface area contributed by atoms with Gasteiger partial charge in [-0.1, -0.05) is 24.6 Å². The van der Waals surface area contributed by atoms with Gasteiger partial charge in [-0.25, -0.2) is 4.79 Å². The van der Waals surface area contributed by atoms with Crippen molar-refractivity contribution >= 4 is 23.8 Å². The molecule has 0 bridgehead atoms. The summed E-state index contributed by atoms with van der Waals surface area (Å²) in [7, 11) is 0. The van der Waals surface area contributed by atoms with Gasteiger partial charge in [-0.05, 0) is 71.6 Å². The fourth-order valence-corrected chi connectivity index (χ4v) is 3.14. The van der Waals surface area contributed by atoms with Gasteiger partial charge in [0.25, 0.3) is 5.91 Å². The number of nitrogens with one attached hydrogen (secondary N) is 2. The van der Waals surface area contributed by atoms with Crippen molar-refractivity contribution in [1.29, 1.82) is 0 Å². The van der Waals surface area contributed by atoms with Crippen LogP contribution in [-0.2, 0) is 19.1 Å². The third-order valence-corrected chi connectivity index (χ3v) is 4.83. The molecule has 34 heavy (non-hydrogen) atoms. The average Bonchev–Trinajstić information content (AvgIpc) is 2.68. The summed E-state index contributed by atoms with van der Waals surface area (Å²) in [5.74, 6) is -1.87. The molecule has 9 nitrogen and oxygen atoms in total. The number of nitrogens with zero attached hydrogens (tertiary/aromatic N) is 1. The van der Waals surface area contributed by atoms with Gasteiger partial charge >= 0.3 is 6.09 Å². The first kappa shape index (κ1) is 28.5. The number of ether oxygens (including phenoxy) is 1. The Hall–Kier alpha value is -3.54. The van der Waals surface area contributed by atoms with E-state index in [1.165, 1.54) is 0 Å². The Labute approximate surface area is 201 Å². The quantitative estimate of drug-likeness (QED) is 0.375. The van der Waals surface area contributed by atoms with Crippen LogP contribution in [0.15, 0.2) is 18.2 Å². The maximum atomic E-state index is 13.5. The number of rotatable bonds is 9. The third kappa shape index (κ3) is 8.77. The average molecular weight is 473 g/mol. The summed E-state index contributed by atoms with van der Waals surface area (Å²) in [4.78, 5) is 51.4. The van der Waals surface area contributed by atoms with Crippen LogP contribution in [0, 0.1) is 26.3 Å². The van der Waals surface area contributed by atoms with Crippen LogP contribution in [0.3, 0.4) is 0 Å². The zero-order valence-corrected chi connectivity index (χ0v) is 21.0. The molecule has 4 amide bonds. The molecule has 0 aromatic heterocycles. The summed E-state index contributed by atoms with van der Waals surface area (Å²) in [6.45, 7) is 12.4. The Morgan fingerprint density at radius 3 is 2.21 bits per heavy atom. The highest BCUT2D eigenvalue weighted by molar-refractivity contribution is 5.93. The van der Waals surface area contributed by atoms with Crippen molar-refractivity contribution in [2.45, 2.75) is 85.0 Å². The monoisotopic (exact) mass is 472 g/mol. The molecule has 9 heteroatoms. The van der Waals surface area contributed by atoms with Crippen LogP contribution in [0.1, 0.15) is 70.2 Å². The molecule has 2 atom stereocenters. The molecule has 186 valence electrons. The number of carbonyl (C=O) groups excluding carboxylic acids is 4. The molecule has 0 radical (unpaired) electrons. The van der Waals surface area contributed by atoms with Crippen molar-refractivity contribution in [2.75, 3.05) is 0 Å².